The van der Waals surface area contributed by atoms with Crippen LogP contribution >= 0.6 is 0 Å². The smallest absolute Gasteiger partial charge is 0.245 e. The normalized spacial score (nSPS) is 14.2. The number of nitrogens with zero attached hydrogens (tertiary/aromatic N) is 4. The minimum Gasteiger partial charge on any atom is -0.496 e. The zero-order valence-electron chi connectivity index (χ0n) is 19.4. The molecule has 0 unspecified atom stereocenters. The zero-order chi connectivity index (χ0) is 24.4. The van der Waals surface area contributed by atoms with Crippen LogP contribution in [0.5, 0.6) is 5.75 Å². The topological polar surface area (TPSA) is 72.3 Å². The first kappa shape index (κ1) is 22.6. The van der Waals surface area contributed by atoms with Crippen LogP contribution in [0.2, 0.25) is 0 Å². The summed E-state index contributed by atoms with van der Waals surface area (Å²) in [5.74, 6) is 0.875. The maximum absolute atomic E-state index is 14.8. The fourth-order valence-electron chi connectivity index (χ4n) is 4.63. The second-order valence-electron chi connectivity index (χ2n) is 8.47. The van der Waals surface area contributed by atoms with E-state index in [1.807, 2.05) is 39.9 Å². The molecule has 5 rings (SSSR count). The molecule has 0 saturated carbocycles. The fraction of sp³-hybridized carbons (Fsp3) is 0.222. The molecule has 1 saturated heterocycles. The number of anilines is 2. The third-order valence-corrected chi connectivity index (χ3v) is 6.40. The molecule has 0 spiro atoms. The molecule has 0 bridgehead atoms. The zero-order valence-corrected chi connectivity index (χ0v) is 19.4. The monoisotopic (exact) mass is 471 g/mol. The molecule has 2 aromatic heterocycles. The van der Waals surface area contributed by atoms with Crippen LogP contribution in [0.25, 0.3) is 22.0 Å². The summed E-state index contributed by atoms with van der Waals surface area (Å²) in [4.78, 5) is 18.1. The molecule has 0 radical (unpaired) electrons. The molecule has 0 atom stereocenters. The van der Waals surface area contributed by atoms with Gasteiger partial charge in [-0.3, -0.25) is 9.78 Å². The van der Waals surface area contributed by atoms with Gasteiger partial charge in [0.25, 0.3) is 0 Å². The average Bonchev–Trinajstić information content (AvgIpc) is 3.26. The lowest BCUT2D eigenvalue weighted by molar-refractivity contribution is -0.127. The molecule has 1 fully saturated rings. The lowest BCUT2D eigenvalue weighted by atomic mass is 10.0. The summed E-state index contributed by atoms with van der Waals surface area (Å²) in [6, 6.07) is 14.4. The van der Waals surface area contributed by atoms with Gasteiger partial charge in [0.15, 0.2) is 0 Å². The van der Waals surface area contributed by atoms with Crippen molar-refractivity contribution in [3.63, 3.8) is 0 Å². The fourth-order valence-corrected chi connectivity index (χ4v) is 4.63. The minimum absolute atomic E-state index is 0.0498. The third kappa shape index (κ3) is 4.35. The van der Waals surface area contributed by atoms with E-state index in [4.69, 9.17) is 9.84 Å². The van der Waals surface area contributed by atoms with E-state index in [0.717, 1.165) is 35.2 Å². The van der Waals surface area contributed by atoms with Gasteiger partial charge in [-0.05, 0) is 60.9 Å². The van der Waals surface area contributed by atoms with Crippen molar-refractivity contribution >= 4 is 28.3 Å². The predicted octanol–water partition coefficient (Wildman–Crippen LogP) is 5.34. The number of fused-ring (bicyclic) bond motifs is 1. The molecule has 1 aliphatic rings. The van der Waals surface area contributed by atoms with E-state index in [9.17, 15) is 9.18 Å². The van der Waals surface area contributed by atoms with Crippen LogP contribution in [0.1, 0.15) is 18.9 Å². The Hall–Kier alpha value is -4.20. The van der Waals surface area contributed by atoms with Crippen molar-refractivity contribution in [1.82, 2.24) is 19.7 Å². The third-order valence-electron chi connectivity index (χ3n) is 6.40. The molecule has 2 aromatic carbocycles. The van der Waals surface area contributed by atoms with Crippen LogP contribution in [-0.2, 0) is 4.79 Å². The van der Waals surface area contributed by atoms with Crippen molar-refractivity contribution in [3.8, 4) is 16.9 Å². The quantitative estimate of drug-likeness (QED) is 0.385. The Bertz CT molecular complexity index is 1380. The minimum atomic E-state index is -0.350. The number of ether oxygens (including phenoxy) is 1. The molecule has 1 amide bonds. The highest BCUT2D eigenvalue weighted by atomic mass is 19.1. The lowest BCUT2D eigenvalue weighted by Gasteiger charge is -2.32. The number of amides is 1. The van der Waals surface area contributed by atoms with Crippen LogP contribution in [0.4, 0.5) is 15.9 Å². The van der Waals surface area contributed by atoms with Gasteiger partial charge in [-0.25, -0.2) is 9.07 Å². The van der Waals surface area contributed by atoms with E-state index < -0.39 is 0 Å². The Morgan fingerprint density at radius 3 is 2.74 bits per heavy atom. The summed E-state index contributed by atoms with van der Waals surface area (Å²) >= 11 is 0. The van der Waals surface area contributed by atoms with Gasteiger partial charge >= 0.3 is 0 Å². The molecule has 0 aliphatic carbocycles. The first-order chi connectivity index (χ1) is 17.1. The van der Waals surface area contributed by atoms with Gasteiger partial charge in [-0.1, -0.05) is 18.7 Å². The van der Waals surface area contributed by atoms with E-state index in [2.05, 4.69) is 16.9 Å². The predicted molar refractivity (Wildman–Crippen MR) is 134 cm³/mol. The van der Waals surface area contributed by atoms with Crippen molar-refractivity contribution in [2.45, 2.75) is 18.9 Å². The number of aromatic nitrogens is 3. The second kappa shape index (κ2) is 9.58. The molecule has 7 nitrogen and oxygen atoms in total. The van der Waals surface area contributed by atoms with Gasteiger partial charge in [0.1, 0.15) is 17.4 Å². The Balaban J connectivity index is 1.59. The average molecular weight is 472 g/mol. The van der Waals surface area contributed by atoms with Gasteiger partial charge in [0.2, 0.25) is 5.91 Å². The van der Waals surface area contributed by atoms with Crippen LogP contribution in [0.15, 0.2) is 73.6 Å². The van der Waals surface area contributed by atoms with E-state index >= 15 is 0 Å². The largest absolute Gasteiger partial charge is 0.496 e. The number of carbonyl (C=O) groups is 1. The first-order valence-corrected chi connectivity index (χ1v) is 11.5. The molecule has 3 heterocycles. The number of hydrogen-bond donors (Lipinski definition) is 1. The first-order valence-electron chi connectivity index (χ1n) is 11.5. The van der Waals surface area contributed by atoms with Gasteiger partial charge in [0.05, 0.1) is 36.1 Å². The van der Waals surface area contributed by atoms with Crippen molar-refractivity contribution in [2.75, 3.05) is 25.5 Å². The number of likely N-dealkylation sites (tertiary alicyclic amines) is 1. The van der Waals surface area contributed by atoms with Crippen LogP contribution in [-0.4, -0.2) is 45.8 Å². The van der Waals surface area contributed by atoms with Crippen molar-refractivity contribution in [2.24, 2.45) is 0 Å². The van der Waals surface area contributed by atoms with Gasteiger partial charge in [0, 0.05) is 24.7 Å². The van der Waals surface area contributed by atoms with E-state index in [0.29, 0.717) is 30.0 Å². The van der Waals surface area contributed by atoms with Gasteiger partial charge in [-0.2, -0.15) is 5.10 Å². The van der Waals surface area contributed by atoms with Crippen LogP contribution < -0.4 is 10.1 Å². The van der Waals surface area contributed by atoms with Crippen LogP contribution in [0.3, 0.4) is 0 Å². The van der Waals surface area contributed by atoms with E-state index in [1.165, 1.54) is 19.3 Å². The SMILES string of the molecule is C=CC(=O)N1CCC(n2nc3ccc(-c4c(F)cccc4OC)cc3c2Nc2cccnc2)CC1. The molecular weight excluding hydrogens is 445 g/mol. The molecule has 8 heteroatoms. The maximum Gasteiger partial charge on any atom is 0.245 e. The van der Waals surface area contributed by atoms with Crippen LogP contribution in [0, 0.1) is 5.82 Å². The highest BCUT2D eigenvalue weighted by Crippen LogP contribution is 2.38. The molecule has 35 heavy (non-hydrogen) atoms. The molecule has 4 aromatic rings. The molecule has 1 aliphatic heterocycles. The Kier molecular flexibility index (Phi) is 6.18. The molecule has 1 N–H and O–H groups in total. The standard InChI is InChI=1S/C27H26FN5O2/c1-3-25(34)32-14-11-20(12-15-32)33-27(30-19-6-5-13-29-17-19)21-16-18(9-10-23(21)31-33)26-22(28)7-4-8-24(26)35-2/h3-10,13,16-17,20,30H,1,11-12,14-15H2,2H3. The molecular formula is C27H26FN5O2. The summed E-state index contributed by atoms with van der Waals surface area (Å²) in [6.45, 7) is 4.86. The highest BCUT2D eigenvalue weighted by Gasteiger charge is 2.26. The van der Waals surface area contributed by atoms with Crippen molar-refractivity contribution in [3.05, 3.63) is 79.4 Å². The Labute approximate surface area is 202 Å². The van der Waals surface area contributed by atoms with E-state index in [-0.39, 0.29) is 17.8 Å². The number of nitrogens with one attached hydrogen (secondary N) is 1. The highest BCUT2D eigenvalue weighted by molar-refractivity contribution is 5.95. The number of benzene rings is 2. The van der Waals surface area contributed by atoms with Crippen molar-refractivity contribution < 1.29 is 13.9 Å². The van der Waals surface area contributed by atoms with Gasteiger partial charge < -0.3 is 15.0 Å². The number of halogens is 1. The molecule has 178 valence electrons. The number of piperidine rings is 1. The number of rotatable bonds is 6. The number of methoxy groups -OCH3 is 1. The Morgan fingerprint density at radius 2 is 2.03 bits per heavy atom. The van der Waals surface area contributed by atoms with E-state index in [1.54, 1.807) is 24.5 Å². The van der Waals surface area contributed by atoms with Crippen molar-refractivity contribution in [1.29, 1.82) is 0 Å². The second-order valence-corrected chi connectivity index (χ2v) is 8.47. The Morgan fingerprint density at radius 1 is 1.20 bits per heavy atom. The summed E-state index contributed by atoms with van der Waals surface area (Å²) in [7, 11) is 1.54. The number of hydrogen-bond acceptors (Lipinski definition) is 5. The number of pyridine rings is 1. The summed E-state index contributed by atoms with van der Waals surface area (Å²) < 4.78 is 22.3. The number of carbonyl (C=O) groups excluding carboxylic acids is 1. The maximum atomic E-state index is 14.8. The summed E-state index contributed by atoms with van der Waals surface area (Å²) in [5.41, 5.74) is 2.73. The van der Waals surface area contributed by atoms with Gasteiger partial charge in [-0.15, -0.1) is 0 Å². The lowest BCUT2D eigenvalue weighted by Crippen LogP contribution is -2.38. The summed E-state index contributed by atoms with van der Waals surface area (Å²) in [5, 5.41) is 9.25. The summed E-state index contributed by atoms with van der Waals surface area (Å²) in [6.07, 6.45) is 6.36.